The molecule has 0 radical (unpaired) electrons. The van der Waals surface area contributed by atoms with Crippen LogP contribution in [0.5, 0.6) is 0 Å². The summed E-state index contributed by atoms with van der Waals surface area (Å²) in [4.78, 5) is 6.90. The van der Waals surface area contributed by atoms with E-state index in [0.29, 0.717) is 11.4 Å². The van der Waals surface area contributed by atoms with E-state index in [-0.39, 0.29) is 0 Å². The van der Waals surface area contributed by atoms with Crippen LogP contribution < -0.4 is 5.73 Å². The zero-order valence-corrected chi connectivity index (χ0v) is 14.3. The van der Waals surface area contributed by atoms with Gasteiger partial charge in [-0.1, -0.05) is 6.92 Å². The number of halogens is 1. The lowest BCUT2D eigenvalue weighted by Gasteiger charge is -2.20. The fourth-order valence-electron chi connectivity index (χ4n) is 2.92. The number of hydrogen-bond donors (Lipinski definition) is 1. The van der Waals surface area contributed by atoms with Crippen LogP contribution in [0.25, 0.3) is 10.4 Å². The van der Waals surface area contributed by atoms with Crippen LogP contribution in [0.4, 0.5) is 5.82 Å². The highest BCUT2D eigenvalue weighted by Gasteiger charge is 2.23. The topological polar surface area (TPSA) is 62.7 Å². The Morgan fingerprint density at radius 2 is 2.19 bits per heavy atom. The van der Waals surface area contributed by atoms with Crippen LogP contribution in [0, 0.1) is 11.3 Å². The number of thiophene rings is 1. The Kier molecular flexibility index (Phi) is 4.01. The van der Waals surface area contributed by atoms with Crippen LogP contribution in [0.3, 0.4) is 0 Å². The van der Waals surface area contributed by atoms with Gasteiger partial charge in [0, 0.05) is 25.5 Å². The number of nitrogens with zero attached hydrogens (tertiary/aromatic N) is 2. The number of rotatable bonds is 2. The zero-order chi connectivity index (χ0) is 15.0. The minimum Gasteiger partial charge on any atom is -0.383 e. The van der Waals surface area contributed by atoms with E-state index in [9.17, 15) is 5.26 Å². The summed E-state index contributed by atoms with van der Waals surface area (Å²) in [6.07, 6.45) is 5.24. The first-order valence-corrected chi connectivity index (χ1v) is 8.76. The molecule has 0 fully saturated rings. The molecule has 0 aromatic carbocycles. The van der Waals surface area contributed by atoms with Crippen molar-refractivity contribution in [1.29, 1.82) is 5.26 Å². The molecule has 2 heterocycles. The van der Waals surface area contributed by atoms with Gasteiger partial charge in [0.1, 0.15) is 17.5 Å². The maximum absolute atomic E-state index is 9.52. The van der Waals surface area contributed by atoms with E-state index in [1.807, 2.05) is 0 Å². The summed E-state index contributed by atoms with van der Waals surface area (Å²) in [7, 11) is 0. The Hall–Kier alpha value is -1.38. The van der Waals surface area contributed by atoms with Crippen LogP contribution in [0.15, 0.2) is 10.5 Å². The number of nitrogens with two attached hydrogens (primary N) is 1. The molecule has 0 saturated heterocycles. The molecule has 3 nitrogen and oxygen atoms in total. The Labute approximate surface area is 136 Å². The molecule has 0 aliphatic heterocycles. The summed E-state index contributed by atoms with van der Waals surface area (Å²) >= 11 is 5.36. The van der Waals surface area contributed by atoms with Gasteiger partial charge in [0.25, 0.3) is 0 Å². The van der Waals surface area contributed by atoms with Gasteiger partial charge in [-0.2, -0.15) is 5.26 Å². The molecule has 0 saturated carbocycles. The summed E-state index contributed by atoms with van der Waals surface area (Å²) in [6, 6.07) is 4.38. The van der Waals surface area contributed by atoms with Gasteiger partial charge in [-0.05, 0) is 59.7 Å². The SMILES string of the molecule is CCc1sc(-c2c(C#N)c(N)nc3c2CCCC3)cc1Br. The molecule has 5 heteroatoms. The largest absolute Gasteiger partial charge is 0.383 e. The number of fused-ring (bicyclic) bond motifs is 1. The van der Waals surface area contributed by atoms with E-state index in [1.54, 1.807) is 11.3 Å². The predicted octanol–water partition coefficient (Wildman–Crippen LogP) is 4.47. The standard InChI is InChI=1S/C16H16BrN3S/c1-2-13-11(17)7-14(21-13)15-9-5-3-4-6-12(9)20-16(19)10(15)8-18/h7H,2-6H2,1H3,(H2,19,20). The van der Waals surface area contributed by atoms with E-state index in [2.05, 4.69) is 40.0 Å². The van der Waals surface area contributed by atoms with Crippen molar-refractivity contribution in [3.8, 4) is 16.5 Å². The minimum atomic E-state index is 0.371. The fraction of sp³-hybridized carbons (Fsp3) is 0.375. The van der Waals surface area contributed by atoms with Crippen molar-refractivity contribution in [1.82, 2.24) is 4.98 Å². The maximum Gasteiger partial charge on any atom is 0.142 e. The first-order valence-electron chi connectivity index (χ1n) is 7.15. The number of aryl methyl sites for hydroxylation is 2. The molecular weight excluding hydrogens is 346 g/mol. The molecule has 2 aromatic rings. The van der Waals surface area contributed by atoms with E-state index in [4.69, 9.17) is 5.73 Å². The van der Waals surface area contributed by atoms with Gasteiger partial charge in [-0.3, -0.25) is 0 Å². The second kappa shape index (κ2) is 5.78. The molecule has 1 aliphatic rings. The lowest BCUT2D eigenvalue weighted by atomic mass is 9.89. The fourth-order valence-corrected chi connectivity index (χ4v) is 4.89. The Morgan fingerprint density at radius 3 is 2.86 bits per heavy atom. The van der Waals surface area contributed by atoms with Crippen molar-refractivity contribution >= 4 is 33.1 Å². The molecule has 3 rings (SSSR count). The Bertz CT molecular complexity index is 743. The van der Waals surface area contributed by atoms with Gasteiger partial charge in [0.2, 0.25) is 0 Å². The Morgan fingerprint density at radius 1 is 1.43 bits per heavy atom. The molecular formula is C16H16BrN3S. The highest BCUT2D eigenvalue weighted by atomic mass is 79.9. The normalized spacial score (nSPS) is 13.8. The molecule has 0 bridgehead atoms. The van der Waals surface area contributed by atoms with Gasteiger partial charge in [0.15, 0.2) is 0 Å². The quantitative estimate of drug-likeness (QED) is 0.858. The van der Waals surface area contributed by atoms with E-state index in [0.717, 1.165) is 52.7 Å². The Balaban J connectivity index is 2.29. The van der Waals surface area contributed by atoms with Crippen molar-refractivity contribution in [2.24, 2.45) is 0 Å². The molecule has 0 amide bonds. The third-order valence-electron chi connectivity index (χ3n) is 3.94. The molecule has 2 aromatic heterocycles. The summed E-state index contributed by atoms with van der Waals surface area (Å²) in [5.41, 5.74) is 9.89. The van der Waals surface area contributed by atoms with Crippen molar-refractivity contribution in [2.75, 3.05) is 5.73 Å². The lowest BCUT2D eigenvalue weighted by Crippen LogP contribution is -2.11. The maximum atomic E-state index is 9.52. The van der Waals surface area contributed by atoms with Crippen molar-refractivity contribution in [3.05, 3.63) is 32.2 Å². The number of anilines is 1. The third-order valence-corrected chi connectivity index (χ3v) is 6.21. The minimum absolute atomic E-state index is 0.371. The average molecular weight is 362 g/mol. The van der Waals surface area contributed by atoms with Gasteiger partial charge in [0.05, 0.1) is 0 Å². The molecule has 2 N–H and O–H groups in total. The number of nitriles is 1. The van der Waals surface area contributed by atoms with Gasteiger partial charge < -0.3 is 5.73 Å². The second-order valence-corrected chi connectivity index (χ2v) is 7.22. The lowest BCUT2D eigenvalue weighted by molar-refractivity contribution is 0.670. The van der Waals surface area contributed by atoms with Gasteiger partial charge >= 0.3 is 0 Å². The second-order valence-electron chi connectivity index (χ2n) is 5.23. The summed E-state index contributed by atoms with van der Waals surface area (Å²) in [5, 5.41) is 9.52. The molecule has 0 unspecified atom stereocenters. The smallest absolute Gasteiger partial charge is 0.142 e. The summed E-state index contributed by atoms with van der Waals surface area (Å²) in [6.45, 7) is 2.14. The average Bonchev–Trinajstić information content (AvgIpc) is 2.86. The molecule has 0 atom stereocenters. The number of nitrogen functional groups attached to an aromatic ring is 1. The first kappa shape index (κ1) is 14.6. The first-order chi connectivity index (χ1) is 10.2. The van der Waals surface area contributed by atoms with E-state index in [1.165, 1.54) is 10.4 Å². The highest BCUT2D eigenvalue weighted by molar-refractivity contribution is 9.10. The highest BCUT2D eigenvalue weighted by Crippen LogP contribution is 2.41. The van der Waals surface area contributed by atoms with Crippen LogP contribution in [-0.2, 0) is 19.3 Å². The molecule has 108 valence electrons. The van der Waals surface area contributed by atoms with E-state index >= 15 is 0 Å². The third kappa shape index (κ3) is 2.47. The van der Waals surface area contributed by atoms with Crippen LogP contribution in [-0.4, -0.2) is 4.98 Å². The monoisotopic (exact) mass is 361 g/mol. The number of pyridine rings is 1. The predicted molar refractivity (Wildman–Crippen MR) is 90.4 cm³/mol. The van der Waals surface area contributed by atoms with Crippen LogP contribution >= 0.6 is 27.3 Å². The van der Waals surface area contributed by atoms with Crippen molar-refractivity contribution < 1.29 is 0 Å². The summed E-state index contributed by atoms with van der Waals surface area (Å²) < 4.78 is 1.12. The van der Waals surface area contributed by atoms with Gasteiger partial charge in [-0.25, -0.2) is 4.98 Å². The molecule has 0 spiro atoms. The van der Waals surface area contributed by atoms with Crippen molar-refractivity contribution in [2.45, 2.75) is 39.0 Å². The van der Waals surface area contributed by atoms with Crippen molar-refractivity contribution in [3.63, 3.8) is 0 Å². The van der Waals surface area contributed by atoms with Crippen LogP contribution in [0.1, 0.15) is 41.5 Å². The number of hydrogen-bond acceptors (Lipinski definition) is 4. The zero-order valence-electron chi connectivity index (χ0n) is 11.9. The van der Waals surface area contributed by atoms with E-state index < -0.39 is 0 Å². The van der Waals surface area contributed by atoms with Gasteiger partial charge in [-0.15, -0.1) is 11.3 Å². The summed E-state index contributed by atoms with van der Waals surface area (Å²) in [5.74, 6) is 0.371. The molecule has 1 aliphatic carbocycles. The number of aromatic nitrogens is 1. The molecule has 21 heavy (non-hydrogen) atoms. The van der Waals surface area contributed by atoms with Crippen LogP contribution in [0.2, 0.25) is 0 Å².